The predicted octanol–water partition coefficient (Wildman–Crippen LogP) is 4.24. The summed E-state index contributed by atoms with van der Waals surface area (Å²) >= 11 is 0. The fraction of sp³-hybridized carbons (Fsp3) is 1.00. The van der Waals surface area contributed by atoms with E-state index < -0.39 is 0 Å². The highest BCUT2D eigenvalue weighted by Crippen LogP contribution is 2.54. The molecule has 0 aromatic rings. The van der Waals surface area contributed by atoms with Crippen molar-refractivity contribution in [2.75, 3.05) is 0 Å². The molecule has 1 saturated heterocycles. The Labute approximate surface area is 78.9 Å². The molecular weight excluding hydrogens is 200 g/mol. The summed E-state index contributed by atoms with van der Waals surface area (Å²) in [4.78, 5) is 0. The Balaban J connectivity index is 2.13. The second-order valence-corrected chi connectivity index (χ2v) is 8.40. The van der Waals surface area contributed by atoms with Crippen molar-refractivity contribution in [2.24, 2.45) is 0 Å². The third-order valence-electron chi connectivity index (χ3n) is 1.12. The normalized spacial score (nSPS) is 34.2. The quantitative estimate of drug-likeness (QED) is 0.628. The fourth-order valence-electron chi connectivity index (χ4n) is 0.644. The SMILES string of the molecule is CCCC1SSC(C)SS1. The molecule has 10 heavy (non-hydrogen) atoms. The first kappa shape index (κ1) is 9.49. The van der Waals surface area contributed by atoms with Gasteiger partial charge in [-0.1, -0.05) is 56.5 Å². The van der Waals surface area contributed by atoms with E-state index in [1.54, 1.807) is 0 Å². The molecule has 0 N–H and O–H groups in total. The summed E-state index contributed by atoms with van der Waals surface area (Å²) in [5.41, 5.74) is 0. The maximum atomic E-state index is 2.28. The lowest BCUT2D eigenvalue weighted by molar-refractivity contribution is 0.874. The smallest absolute Gasteiger partial charge is 0.0710 e. The first-order chi connectivity index (χ1) is 4.83. The van der Waals surface area contributed by atoms with Gasteiger partial charge in [-0.3, -0.25) is 0 Å². The highest BCUT2D eigenvalue weighted by molar-refractivity contribution is 8.93. The minimum atomic E-state index is 0.781. The van der Waals surface area contributed by atoms with Gasteiger partial charge < -0.3 is 0 Å². The molecule has 0 radical (unpaired) electrons. The van der Waals surface area contributed by atoms with E-state index in [9.17, 15) is 0 Å². The van der Waals surface area contributed by atoms with Crippen LogP contribution in [0, 0.1) is 0 Å². The third kappa shape index (κ3) is 3.20. The Hall–Kier alpha value is 1.40. The number of hydrogen-bond acceptors (Lipinski definition) is 4. The molecule has 1 heterocycles. The van der Waals surface area contributed by atoms with Crippen LogP contribution in [0.15, 0.2) is 0 Å². The van der Waals surface area contributed by atoms with Crippen LogP contribution in [0.5, 0.6) is 0 Å². The average molecular weight is 212 g/mol. The van der Waals surface area contributed by atoms with E-state index in [0.29, 0.717) is 0 Å². The Morgan fingerprint density at radius 2 is 1.70 bits per heavy atom. The van der Waals surface area contributed by atoms with Crippen LogP contribution >= 0.6 is 43.2 Å². The Morgan fingerprint density at radius 1 is 1.10 bits per heavy atom. The maximum Gasteiger partial charge on any atom is 0.0710 e. The van der Waals surface area contributed by atoms with Crippen LogP contribution in [-0.2, 0) is 0 Å². The Morgan fingerprint density at radius 3 is 2.20 bits per heavy atom. The second kappa shape index (κ2) is 5.12. The van der Waals surface area contributed by atoms with Gasteiger partial charge in [-0.2, -0.15) is 0 Å². The molecule has 60 valence electrons. The van der Waals surface area contributed by atoms with Crippen LogP contribution < -0.4 is 0 Å². The monoisotopic (exact) mass is 212 g/mol. The second-order valence-electron chi connectivity index (χ2n) is 2.17. The molecule has 0 unspecified atom stereocenters. The van der Waals surface area contributed by atoms with Crippen LogP contribution in [0.25, 0.3) is 0 Å². The summed E-state index contributed by atoms with van der Waals surface area (Å²) in [5, 5.41) is 0. The van der Waals surface area contributed by atoms with Gasteiger partial charge in [0, 0.05) is 0 Å². The lowest BCUT2D eigenvalue weighted by Gasteiger charge is -2.22. The van der Waals surface area contributed by atoms with Gasteiger partial charge in [0.1, 0.15) is 0 Å². The van der Waals surface area contributed by atoms with Crippen LogP contribution in [0.1, 0.15) is 26.7 Å². The first-order valence-corrected chi connectivity index (χ1v) is 8.02. The molecule has 1 fully saturated rings. The standard InChI is InChI=1S/C6H12S4/c1-3-4-6-9-7-5(2)8-10-6/h5-6H,3-4H2,1-2H3. The molecule has 1 aliphatic heterocycles. The molecule has 0 spiro atoms. The highest BCUT2D eigenvalue weighted by atomic mass is 33.2. The van der Waals surface area contributed by atoms with E-state index in [4.69, 9.17) is 0 Å². The van der Waals surface area contributed by atoms with Crippen molar-refractivity contribution in [1.29, 1.82) is 0 Å². The van der Waals surface area contributed by atoms with E-state index in [1.165, 1.54) is 12.8 Å². The zero-order valence-electron chi connectivity index (χ0n) is 6.20. The predicted molar refractivity (Wildman–Crippen MR) is 58.5 cm³/mol. The molecule has 0 bridgehead atoms. The summed E-state index contributed by atoms with van der Waals surface area (Å²) < 4.78 is 1.62. The van der Waals surface area contributed by atoms with Gasteiger partial charge in [-0.15, -0.1) is 0 Å². The molecule has 0 nitrogen and oxygen atoms in total. The summed E-state index contributed by atoms with van der Waals surface area (Å²) in [7, 11) is 8.16. The molecular formula is C6H12S4. The molecule has 1 rings (SSSR count). The molecule has 0 aliphatic carbocycles. The highest BCUT2D eigenvalue weighted by Gasteiger charge is 2.19. The van der Waals surface area contributed by atoms with E-state index >= 15 is 0 Å². The number of rotatable bonds is 2. The van der Waals surface area contributed by atoms with Gasteiger partial charge in [0.15, 0.2) is 0 Å². The molecule has 0 atom stereocenters. The van der Waals surface area contributed by atoms with Gasteiger partial charge in [-0.05, 0) is 13.3 Å². The number of hydrogen-bond donors (Lipinski definition) is 0. The lowest BCUT2D eigenvalue weighted by atomic mass is 10.4. The van der Waals surface area contributed by atoms with Gasteiger partial charge in [-0.25, -0.2) is 0 Å². The summed E-state index contributed by atoms with van der Waals surface area (Å²) in [6.07, 6.45) is 2.68. The lowest BCUT2D eigenvalue weighted by Crippen LogP contribution is -1.99. The van der Waals surface area contributed by atoms with Crippen molar-refractivity contribution >= 4 is 43.2 Å². The summed E-state index contributed by atoms with van der Waals surface area (Å²) in [5.74, 6) is 0. The zero-order chi connectivity index (χ0) is 7.40. The topological polar surface area (TPSA) is 0 Å². The van der Waals surface area contributed by atoms with Gasteiger partial charge >= 0.3 is 0 Å². The van der Waals surface area contributed by atoms with E-state index in [-0.39, 0.29) is 0 Å². The average Bonchev–Trinajstić information content (AvgIpc) is 1.95. The van der Waals surface area contributed by atoms with Crippen molar-refractivity contribution in [3.63, 3.8) is 0 Å². The van der Waals surface area contributed by atoms with Crippen LogP contribution in [0.2, 0.25) is 0 Å². The molecule has 0 saturated carbocycles. The maximum absolute atomic E-state index is 2.28. The summed E-state index contributed by atoms with van der Waals surface area (Å²) in [6.45, 7) is 4.53. The summed E-state index contributed by atoms with van der Waals surface area (Å²) in [6, 6.07) is 0. The minimum Gasteiger partial charge on any atom is -0.0779 e. The Kier molecular flexibility index (Phi) is 4.86. The van der Waals surface area contributed by atoms with Gasteiger partial charge in [0.2, 0.25) is 0 Å². The molecule has 4 heteroatoms. The largest absolute Gasteiger partial charge is 0.0779 e. The van der Waals surface area contributed by atoms with Gasteiger partial charge in [0.05, 0.1) is 9.16 Å². The van der Waals surface area contributed by atoms with Crippen LogP contribution in [-0.4, -0.2) is 9.16 Å². The molecule has 1 aliphatic rings. The molecule has 0 aromatic carbocycles. The van der Waals surface area contributed by atoms with E-state index in [1.807, 2.05) is 21.6 Å². The van der Waals surface area contributed by atoms with Crippen molar-refractivity contribution in [1.82, 2.24) is 0 Å². The van der Waals surface area contributed by atoms with E-state index in [0.717, 1.165) is 9.16 Å². The molecule has 0 aromatic heterocycles. The minimum absolute atomic E-state index is 0.781. The third-order valence-corrected chi connectivity index (χ3v) is 9.20. The van der Waals surface area contributed by atoms with Crippen molar-refractivity contribution in [3.05, 3.63) is 0 Å². The zero-order valence-corrected chi connectivity index (χ0v) is 9.47. The Bertz CT molecular complexity index is 87.7. The van der Waals surface area contributed by atoms with Crippen molar-refractivity contribution < 1.29 is 0 Å². The van der Waals surface area contributed by atoms with Crippen molar-refractivity contribution in [2.45, 2.75) is 35.9 Å². The molecule has 0 amide bonds. The van der Waals surface area contributed by atoms with Crippen LogP contribution in [0.3, 0.4) is 0 Å². The fourth-order valence-corrected chi connectivity index (χ4v) is 8.33. The van der Waals surface area contributed by atoms with Crippen molar-refractivity contribution in [3.8, 4) is 0 Å². The van der Waals surface area contributed by atoms with Gasteiger partial charge in [0.25, 0.3) is 0 Å². The van der Waals surface area contributed by atoms with E-state index in [2.05, 4.69) is 35.4 Å². The van der Waals surface area contributed by atoms with Crippen LogP contribution in [0.4, 0.5) is 0 Å². The first-order valence-electron chi connectivity index (χ1n) is 3.47.